The van der Waals surface area contributed by atoms with Gasteiger partial charge >= 0.3 is 0 Å². The van der Waals surface area contributed by atoms with Crippen molar-refractivity contribution in [2.45, 2.75) is 32.7 Å². The van der Waals surface area contributed by atoms with Gasteiger partial charge in [-0.15, -0.1) is 0 Å². The van der Waals surface area contributed by atoms with E-state index in [1.54, 1.807) is 0 Å². The minimum atomic E-state index is 0.178. The van der Waals surface area contributed by atoms with E-state index in [-0.39, 0.29) is 5.54 Å². The van der Waals surface area contributed by atoms with Gasteiger partial charge in [-0.2, -0.15) is 5.10 Å². The summed E-state index contributed by atoms with van der Waals surface area (Å²) in [6, 6.07) is 6.40. The molecule has 2 aromatic rings. The third kappa shape index (κ3) is 1.77. The highest BCUT2D eigenvalue weighted by Gasteiger charge is 2.21. The first-order chi connectivity index (χ1) is 7.54. The van der Waals surface area contributed by atoms with Crippen LogP contribution in [0.15, 0.2) is 24.4 Å². The summed E-state index contributed by atoms with van der Waals surface area (Å²) in [5.41, 5.74) is 2.50. The highest BCUT2D eigenvalue weighted by Crippen LogP contribution is 2.27. The number of nitrogens with one attached hydrogen (secondary N) is 1. The predicted octanol–water partition coefficient (Wildman–Crippen LogP) is 3.19. The van der Waals surface area contributed by atoms with Crippen molar-refractivity contribution in [2.75, 3.05) is 11.9 Å². The Morgan fingerprint density at radius 3 is 2.81 bits per heavy atom. The lowest BCUT2D eigenvalue weighted by Crippen LogP contribution is -2.40. The van der Waals surface area contributed by atoms with Gasteiger partial charge in [-0.05, 0) is 38.5 Å². The van der Waals surface area contributed by atoms with Crippen LogP contribution in [0.4, 0.5) is 5.69 Å². The molecule has 1 aromatic carbocycles. The van der Waals surface area contributed by atoms with Crippen LogP contribution in [0, 0.1) is 0 Å². The van der Waals surface area contributed by atoms with E-state index in [0.717, 1.165) is 17.3 Å². The molecule has 0 saturated carbocycles. The molecule has 2 rings (SSSR count). The van der Waals surface area contributed by atoms with E-state index in [9.17, 15) is 0 Å². The molecule has 3 heteroatoms. The molecule has 0 saturated heterocycles. The largest absolute Gasteiger partial charge is 0.369 e. The SMILES string of the molecule is CCC(C)(C)N(C)c1ccc2[nH]ncc2c1. The molecule has 1 heterocycles. The molecule has 0 aliphatic carbocycles. The molecule has 0 fully saturated rings. The number of fused-ring (bicyclic) bond motifs is 1. The second-order valence-corrected chi connectivity index (χ2v) is 4.87. The standard InChI is InChI=1S/C13H19N3/c1-5-13(2,3)16(4)11-6-7-12-10(8-11)9-14-15-12/h6-9H,5H2,1-4H3,(H,14,15). The lowest BCUT2D eigenvalue weighted by Gasteiger charge is -2.36. The minimum absolute atomic E-state index is 0.178. The maximum absolute atomic E-state index is 4.04. The number of rotatable bonds is 3. The molecule has 0 bridgehead atoms. The molecule has 0 unspecified atom stereocenters. The van der Waals surface area contributed by atoms with Crippen molar-refractivity contribution >= 4 is 16.6 Å². The Balaban J connectivity index is 2.39. The topological polar surface area (TPSA) is 31.9 Å². The summed E-state index contributed by atoms with van der Waals surface area (Å²) in [5, 5.41) is 8.17. The minimum Gasteiger partial charge on any atom is -0.369 e. The number of hydrogen-bond acceptors (Lipinski definition) is 2. The van der Waals surface area contributed by atoms with Crippen LogP contribution < -0.4 is 4.90 Å². The zero-order valence-electron chi connectivity index (χ0n) is 10.4. The maximum Gasteiger partial charge on any atom is 0.0651 e. The average molecular weight is 217 g/mol. The van der Waals surface area contributed by atoms with E-state index < -0.39 is 0 Å². The van der Waals surface area contributed by atoms with Crippen LogP contribution in [-0.4, -0.2) is 22.8 Å². The van der Waals surface area contributed by atoms with Gasteiger partial charge in [0.25, 0.3) is 0 Å². The molecular weight excluding hydrogens is 198 g/mol. The molecule has 0 aliphatic rings. The van der Waals surface area contributed by atoms with Crippen LogP contribution in [-0.2, 0) is 0 Å². The highest BCUT2D eigenvalue weighted by atomic mass is 15.2. The molecule has 0 spiro atoms. The van der Waals surface area contributed by atoms with Gasteiger partial charge in [0, 0.05) is 23.7 Å². The number of nitrogens with zero attached hydrogens (tertiary/aromatic N) is 2. The van der Waals surface area contributed by atoms with Gasteiger partial charge in [0.1, 0.15) is 0 Å². The third-order valence-electron chi connectivity index (χ3n) is 3.58. The lowest BCUT2D eigenvalue weighted by atomic mass is 9.99. The van der Waals surface area contributed by atoms with E-state index in [2.05, 4.69) is 61.1 Å². The Hall–Kier alpha value is -1.51. The molecule has 0 atom stereocenters. The van der Waals surface area contributed by atoms with Crippen molar-refractivity contribution in [1.82, 2.24) is 10.2 Å². The van der Waals surface area contributed by atoms with Crippen LogP contribution in [0.3, 0.4) is 0 Å². The molecule has 3 nitrogen and oxygen atoms in total. The van der Waals surface area contributed by atoms with Crippen LogP contribution in [0.25, 0.3) is 10.9 Å². The van der Waals surface area contributed by atoms with Crippen LogP contribution in [0.5, 0.6) is 0 Å². The molecule has 86 valence electrons. The number of hydrogen-bond donors (Lipinski definition) is 1. The summed E-state index contributed by atoms with van der Waals surface area (Å²) in [4.78, 5) is 2.32. The van der Waals surface area contributed by atoms with E-state index in [1.165, 1.54) is 5.69 Å². The molecule has 1 N–H and O–H groups in total. The summed E-state index contributed by atoms with van der Waals surface area (Å²) in [6.07, 6.45) is 2.98. The van der Waals surface area contributed by atoms with E-state index >= 15 is 0 Å². The van der Waals surface area contributed by atoms with Crippen LogP contribution in [0.1, 0.15) is 27.2 Å². The van der Waals surface area contributed by atoms with Gasteiger partial charge in [-0.1, -0.05) is 6.92 Å². The Kier molecular flexibility index (Phi) is 2.62. The van der Waals surface area contributed by atoms with Gasteiger partial charge in [0.2, 0.25) is 0 Å². The summed E-state index contributed by atoms with van der Waals surface area (Å²) in [6.45, 7) is 6.73. The van der Waals surface area contributed by atoms with Gasteiger partial charge < -0.3 is 4.90 Å². The third-order valence-corrected chi connectivity index (χ3v) is 3.58. The fraction of sp³-hybridized carbons (Fsp3) is 0.462. The van der Waals surface area contributed by atoms with Crippen molar-refractivity contribution in [1.29, 1.82) is 0 Å². The quantitative estimate of drug-likeness (QED) is 0.856. The predicted molar refractivity (Wildman–Crippen MR) is 68.9 cm³/mol. The molecular formula is C13H19N3. The molecule has 1 aromatic heterocycles. The van der Waals surface area contributed by atoms with Gasteiger partial charge in [0.05, 0.1) is 11.7 Å². The van der Waals surface area contributed by atoms with Crippen molar-refractivity contribution in [3.8, 4) is 0 Å². The summed E-state index contributed by atoms with van der Waals surface area (Å²) >= 11 is 0. The fourth-order valence-electron chi connectivity index (χ4n) is 1.73. The summed E-state index contributed by atoms with van der Waals surface area (Å²) in [7, 11) is 2.14. The van der Waals surface area contributed by atoms with Gasteiger partial charge in [0.15, 0.2) is 0 Å². The first-order valence-corrected chi connectivity index (χ1v) is 5.71. The normalized spacial score (nSPS) is 12.0. The van der Waals surface area contributed by atoms with E-state index in [4.69, 9.17) is 0 Å². The van der Waals surface area contributed by atoms with Gasteiger partial charge in [-0.25, -0.2) is 0 Å². The van der Waals surface area contributed by atoms with Gasteiger partial charge in [-0.3, -0.25) is 5.10 Å². The Morgan fingerprint density at radius 1 is 1.38 bits per heavy atom. The maximum atomic E-state index is 4.04. The molecule has 16 heavy (non-hydrogen) atoms. The molecule has 0 amide bonds. The average Bonchev–Trinajstić information content (AvgIpc) is 2.74. The van der Waals surface area contributed by atoms with E-state index in [0.29, 0.717) is 0 Å². The summed E-state index contributed by atoms with van der Waals surface area (Å²) < 4.78 is 0. The zero-order chi connectivity index (χ0) is 11.8. The van der Waals surface area contributed by atoms with Crippen molar-refractivity contribution in [3.05, 3.63) is 24.4 Å². The molecule has 0 radical (unpaired) electrons. The molecule has 0 aliphatic heterocycles. The van der Waals surface area contributed by atoms with E-state index in [1.807, 2.05) is 6.20 Å². The highest BCUT2D eigenvalue weighted by molar-refractivity contribution is 5.82. The first kappa shape index (κ1) is 11.0. The Morgan fingerprint density at radius 2 is 2.12 bits per heavy atom. The lowest BCUT2D eigenvalue weighted by molar-refractivity contribution is 0.471. The smallest absolute Gasteiger partial charge is 0.0651 e. The van der Waals surface area contributed by atoms with Crippen molar-refractivity contribution in [2.24, 2.45) is 0 Å². The second-order valence-electron chi connectivity index (χ2n) is 4.87. The van der Waals surface area contributed by atoms with Crippen LogP contribution >= 0.6 is 0 Å². The number of aromatic amines is 1. The van der Waals surface area contributed by atoms with Crippen molar-refractivity contribution in [3.63, 3.8) is 0 Å². The Bertz CT molecular complexity index is 485. The monoisotopic (exact) mass is 217 g/mol. The summed E-state index contributed by atoms with van der Waals surface area (Å²) in [5.74, 6) is 0. The first-order valence-electron chi connectivity index (χ1n) is 5.71. The van der Waals surface area contributed by atoms with Crippen LogP contribution in [0.2, 0.25) is 0 Å². The second kappa shape index (κ2) is 3.81. The Labute approximate surface area is 96.5 Å². The number of H-pyrrole nitrogens is 1. The fourth-order valence-corrected chi connectivity index (χ4v) is 1.73. The van der Waals surface area contributed by atoms with Crippen molar-refractivity contribution < 1.29 is 0 Å². The zero-order valence-corrected chi connectivity index (χ0v) is 10.4. The number of benzene rings is 1. The number of aromatic nitrogens is 2. The number of anilines is 1.